The van der Waals surface area contributed by atoms with E-state index in [4.69, 9.17) is 11.1 Å². The van der Waals surface area contributed by atoms with Gasteiger partial charge in [-0.25, -0.2) is 0 Å². The monoisotopic (exact) mass is 227 g/mol. The molecule has 0 aliphatic heterocycles. The molecule has 0 bridgehead atoms. The summed E-state index contributed by atoms with van der Waals surface area (Å²) in [6.07, 6.45) is 4.60. The first-order valence-electron chi connectivity index (χ1n) is 6.36. The summed E-state index contributed by atoms with van der Waals surface area (Å²) in [5, 5.41) is 7.50. The third kappa shape index (κ3) is 5.50. The summed E-state index contributed by atoms with van der Waals surface area (Å²) < 4.78 is 0. The molecular formula is C13H29N3. The van der Waals surface area contributed by atoms with Gasteiger partial charge < -0.3 is 10.6 Å². The molecule has 0 aliphatic carbocycles. The Bertz CT molecular complexity index is 211. The molecule has 0 amide bonds. The third-order valence-corrected chi connectivity index (χ3v) is 3.50. The predicted molar refractivity (Wildman–Crippen MR) is 71.9 cm³/mol. The second kappa shape index (κ2) is 6.89. The molecule has 0 aromatic rings. The molecule has 0 aromatic carbocycles. The quantitative estimate of drug-likeness (QED) is 0.495. The van der Waals surface area contributed by atoms with Crippen LogP contribution in [-0.4, -0.2) is 30.4 Å². The minimum Gasteiger partial charge on any atom is -0.387 e. The number of hydrogen-bond donors (Lipinski definition) is 2. The molecular weight excluding hydrogens is 198 g/mol. The van der Waals surface area contributed by atoms with Crippen molar-refractivity contribution in [2.24, 2.45) is 11.1 Å². The number of rotatable bonds is 8. The van der Waals surface area contributed by atoms with Crippen LogP contribution in [0.1, 0.15) is 53.4 Å². The Balaban J connectivity index is 3.85. The molecule has 96 valence electrons. The van der Waals surface area contributed by atoms with Gasteiger partial charge in [0, 0.05) is 11.5 Å². The Labute approximate surface area is 101 Å². The van der Waals surface area contributed by atoms with Gasteiger partial charge in [-0.2, -0.15) is 0 Å². The van der Waals surface area contributed by atoms with Crippen molar-refractivity contribution in [3.8, 4) is 0 Å². The second-order valence-electron chi connectivity index (χ2n) is 5.52. The summed E-state index contributed by atoms with van der Waals surface area (Å²) in [6.45, 7) is 9.69. The van der Waals surface area contributed by atoms with E-state index in [1.165, 1.54) is 12.8 Å². The molecule has 16 heavy (non-hydrogen) atoms. The molecule has 0 fully saturated rings. The molecule has 3 nitrogen and oxygen atoms in total. The normalized spacial score (nSPS) is 14.1. The van der Waals surface area contributed by atoms with Gasteiger partial charge in [0.2, 0.25) is 0 Å². The summed E-state index contributed by atoms with van der Waals surface area (Å²) in [5.74, 6) is 0.303. The summed E-state index contributed by atoms with van der Waals surface area (Å²) in [5.41, 5.74) is 5.42. The van der Waals surface area contributed by atoms with Crippen LogP contribution < -0.4 is 5.73 Å². The Morgan fingerprint density at radius 3 is 2.44 bits per heavy atom. The largest absolute Gasteiger partial charge is 0.387 e. The van der Waals surface area contributed by atoms with Gasteiger partial charge in [-0.1, -0.05) is 27.2 Å². The maximum atomic E-state index is 7.50. The molecule has 3 N–H and O–H groups in total. The van der Waals surface area contributed by atoms with Gasteiger partial charge in [-0.3, -0.25) is 5.41 Å². The summed E-state index contributed by atoms with van der Waals surface area (Å²) in [6, 6.07) is 0.658. The fourth-order valence-corrected chi connectivity index (χ4v) is 1.76. The van der Waals surface area contributed by atoms with Gasteiger partial charge in [0.05, 0.1) is 5.84 Å². The average Bonchev–Trinajstić information content (AvgIpc) is 2.17. The fourth-order valence-electron chi connectivity index (χ4n) is 1.76. The van der Waals surface area contributed by atoms with Crippen LogP contribution in [0.15, 0.2) is 0 Å². The van der Waals surface area contributed by atoms with E-state index in [1.54, 1.807) is 0 Å². The van der Waals surface area contributed by atoms with Crippen LogP contribution in [0.3, 0.4) is 0 Å². The summed E-state index contributed by atoms with van der Waals surface area (Å²) in [7, 11) is 2.18. The van der Waals surface area contributed by atoms with Crippen LogP contribution in [0.4, 0.5) is 0 Å². The fraction of sp³-hybridized carbons (Fsp3) is 0.923. The predicted octanol–water partition coefficient (Wildman–Crippen LogP) is 2.85. The standard InChI is InChI=1S/C13H29N3/c1-6-8-11(2)16(5)10-7-9-13(3,4)12(14)15/h11H,6-10H2,1-5H3,(H3,14,15). The lowest BCUT2D eigenvalue weighted by Gasteiger charge is -2.27. The molecule has 0 saturated heterocycles. The number of nitrogens with one attached hydrogen (secondary N) is 1. The first-order valence-corrected chi connectivity index (χ1v) is 6.36. The van der Waals surface area contributed by atoms with Crippen LogP contribution in [0.2, 0.25) is 0 Å². The molecule has 0 radical (unpaired) electrons. The van der Waals surface area contributed by atoms with Crippen LogP contribution in [-0.2, 0) is 0 Å². The van der Waals surface area contributed by atoms with Crippen molar-refractivity contribution < 1.29 is 0 Å². The lowest BCUT2D eigenvalue weighted by Crippen LogP contribution is -2.33. The lowest BCUT2D eigenvalue weighted by atomic mass is 9.86. The smallest absolute Gasteiger partial charge is 0.0963 e. The van der Waals surface area contributed by atoms with Gasteiger partial charge in [0.25, 0.3) is 0 Å². The average molecular weight is 227 g/mol. The Kier molecular flexibility index (Phi) is 6.65. The van der Waals surface area contributed by atoms with Gasteiger partial charge in [-0.05, 0) is 39.8 Å². The summed E-state index contributed by atoms with van der Waals surface area (Å²) >= 11 is 0. The van der Waals surface area contributed by atoms with Crippen LogP contribution >= 0.6 is 0 Å². The van der Waals surface area contributed by atoms with Crippen molar-refractivity contribution in [2.45, 2.75) is 59.4 Å². The van der Waals surface area contributed by atoms with E-state index in [2.05, 4.69) is 25.8 Å². The van der Waals surface area contributed by atoms with Crippen molar-refractivity contribution >= 4 is 5.84 Å². The molecule has 0 heterocycles. The van der Waals surface area contributed by atoms with E-state index < -0.39 is 0 Å². The molecule has 0 saturated carbocycles. The highest BCUT2D eigenvalue weighted by Gasteiger charge is 2.21. The minimum atomic E-state index is -0.144. The van der Waals surface area contributed by atoms with Crippen LogP contribution in [0.5, 0.6) is 0 Å². The van der Waals surface area contributed by atoms with E-state index >= 15 is 0 Å². The van der Waals surface area contributed by atoms with Gasteiger partial charge >= 0.3 is 0 Å². The molecule has 0 rings (SSSR count). The Morgan fingerprint density at radius 1 is 1.44 bits per heavy atom. The topological polar surface area (TPSA) is 53.1 Å². The summed E-state index contributed by atoms with van der Waals surface area (Å²) in [4.78, 5) is 2.40. The van der Waals surface area contributed by atoms with Crippen molar-refractivity contribution in [1.82, 2.24) is 4.90 Å². The number of hydrogen-bond acceptors (Lipinski definition) is 2. The highest BCUT2D eigenvalue weighted by atomic mass is 15.1. The van der Waals surface area contributed by atoms with E-state index in [9.17, 15) is 0 Å². The molecule has 0 aromatic heterocycles. The van der Waals surface area contributed by atoms with E-state index in [-0.39, 0.29) is 5.41 Å². The number of nitrogens with two attached hydrogens (primary N) is 1. The van der Waals surface area contributed by atoms with Gasteiger partial charge in [0.15, 0.2) is 0 Å². The molecule has 0 aliphatic rings. The third-order valence-electron chi connectivity index (χ3n) is 3.50. The lowest BCUT2D eigenvalue weighted by molar-refractivity contribution is 0.232. The van der Waals surface area contributed by atoms with Crippen LogP contribution in [0, 0.1) is 10.8 Å². The molecule has 0 spiro atoms. The van der Waals surface area contributed by atoms with E-state index in [0.29, 0.717) is 11.9 Å². The van der Waals surface area contributed by atoms with E-state index in [0.717, 1.165) is 19.4 Å². The van der Waals surface area contributed by atoms with Crippen molar-refractivity contribution in [2.75, 3.05) is 13.6 Å². The zero-order valence-corrected chi connectivity index (χ0v) is 11.6. The highest BCUT2D eigenvalue weighted by Crippen LogP contribution is 2.22. The molecule has 3 heteroatoms. The van der Waals surface area contributed by atoms with Crippen molar-refractivity contribution in [3.63, 3.8) is 0 Å². The van der Waals surface area contributed by atoms with Gasteiger partial charge in [0.1, 0.15) is 0 Å². The SMILES string of the molecule is CCCC(C)N(C)CCCC(C)(C)C(=N)N. The van der Waals surface area contributed by atoms with E-state index in [1.807, 2.05) is 13.8 Å². The number of amidine groups is 1. The van der Waals surface area contributed by atoms with Crippen molar-refractivity contribution in [1.29, 1.82) is 5.41 Å². The Morgan fingerprint density at radius 2 is 2.00 bits per heavy atom. The molecule has 1 unspecified atom stereocenters. The second-order valence-corrected chi connectivity index (χ2v) is 5.52. The zero-order chi connectivity index (χ0) is 12.8. The minimum absolute atomic E-state index is 0.144. The highest BCUT2D eigenvalue weighted by molar-refractivity contribution is 5.82. The van der Waals surface area contributed by atoms with Crippen LogP contribution in [0.25, 0.3) is 0 Å². The van der Waals surface area contributed by atoms with Crippen molar-refractivity contribution in [3.05, 3.63) is 0 Å². The van der Waals surface area contributed by atoms with Gasteiger partial charge in [-0.15, -0.1) is 0 Å². The zero-order valence-electron chi connectivity index (χ0n) is 11.6. The first-order chi connectivity index (χ1) is 7.31. The number of nitrogens with zero attached hydrogens (tertiary/aromatic N) is 1. The first kappa shape index (κ1) is 15.4. The Hall–Kier alpha value is -0.570. The maximum absolute atomic E-state index is 7.50. The molecule has 1 atom stereocenters. The maximum Gasteiger partial charge on any atom is 0.0963 e.